The Morgan fingerprint density at radius 2 is 2.26 bits per heavy atom. The predicted molar refractivity (Wildman–Crippen MR) is 76.6 cm³/mol. The summed E-state index contributed by atoms with van der Waals surface area (Å²) in [5, 5.41) is 7.61. The van der Waals surface area contributed by atoms with Gasteiger partial charge in [-0.05, 0) is 33.2 Å². The molecule has 1 atom stereocenters. The zero-order valence-electron chi connectivity index (χ0n) is 12.4. The summed E-state index contributed by atoms with van der Waals surface area (Å²) in [6.45, 7) is 10.6. The molecule has 0 fully saturated rings. The van der Waals surface area contributed by atoms with E-state index in [4.69, 9.17) is 9.47 Å². The Kier molecular flexibility index (Phi) is 8.25. The number of hydrogen-bond donors (Lipinski definition) is 1. The first-order valence-corrected chi connectivity index (χ1v) is 7.23. The van der Waals surface area contributed by atoms with Gasteiger partial charge in [-0.1, -0.05) is 6.92 Å². The van der Waals surface area contributed by atoms with Crippen LogP contribution in [-0.4, -0.2) is 42.2 Å². The molecule has 19 heavy (non-hydrogen) atoms. The van der Waals surface area contributed by atoms with Gasteiger partial charge in [0, 0.05) is 26.3 Å². The molecular weight excluding hydrogens is 242 g/mol. The lowest BCUT2D eigenvalue weighted by Crippen LogP contribution is -2.30. The molecule has 0 saturated heterocycles. The highest BCUT2D eigenvalue weighted by atomic mass is 16.5. The van der Waals surface area contributed by atoms with Crippen LogP contribution in [0, 0.1) is 0 Å². The number of aryl methyl sites for hydroxylation is 1. The Balaban J connectivity index is 2.10. The molecule has 1 N–H and O–H groups in total. The third-order valence-electron chi connectivity index (χ3n) is 2.68. The minimum absolute atomic E-state index is 0.145. The van der Waals surface area contributed by atoms with Gasteiger partial charge in [0.15, 0.2) is 5.75 Å². The van der Waals surface area contributed by atoms with Crippen molar-refractivity contribution >= 4 is 0 Å². The van der Waals surface area contributed by atoms with Crippen LogP contribution in [0.4, 0.5) is 0 Å². The molecule has 1 unspecified atom stereocenters. The molecule has 5 heteroatoms. The van der Waals surface area contributed by atoms with Crippen molar-refractivity contribution in [2.45, 2.75) is 46.3 Å². The minimum Gasteiger partial charge on any atom is -0.486 e. The van der Waals surface area contributed by atoms with Crippen LogP contribution in [0.25, 0.3) is 0 Å². The monoisotopic (exact) mass is 269 g/mol. The zero-order valence-corrected chi connectivity index (χ0v) is 12.4. The van der Waals surface area contributed by atoms with Gasteiger partial charge in [-0.15, -0.1) is 0 Å². The lowest BCUT2D eigenvalue weighted by atomic mass is 10.3. The van der Waals surface area contributed by atoms with Gasteiger partial charge in [0.05, 0.1) is 12.4 Å². The van der Waals surface area contributed by atoms with Crippen LogP contribution in [0.1, 0.15) is 33.6 Å². The molecule has 1 aromatic heterocycles. The Labute approximate surface area is 116 Å². The van der Waals surface area contributed by atoms with Crippen LogP contribution in [0.3, 0.4) is 0 Å². The Hall–Kier alpha value is -1.07. The molecule has 1 aromatic rings. The van der Waals surface area contributed by atoms with Gasteiger partial charge in [0.25, 0.3) is 0 Å². The smallest absolute Gasteiger partial charge is 0.157 e. The molecule has 0 radical (unpaired) electrons. The summed E-state index contributed by atoms with van der Waals surface area (Å²) in [5.74, 6) is 0.845. The van der Waals surface area contributed by atoms with Gasteiger partial charge in [0.2, 0.25) is 0 Å². The van der Waals surface area contributed by atoms with Crippen molar-refractivity contribution in [2.75, 3.05) is 26.3 Å². The van der Waals surface area contributed by atoms with E-state index in [9.17, 15) is 0 Å². The first kappa shape index (κ1) is 16.0. The highest BCUT2D eigenvalue weighted by molar-refractivity contribution is 5.12. The van der Waals surface area contributed by atoms with Crippen LogP contribution in [0.15, 0.2) is 12.4 Å². The van der Waals surface area contributed by atoms with E-state index in [1.54, 1.807) is 6.20 Å². The van der Waals surface area contributed by atoms with E-state index in [0.717, 1.165) is 51.4 Å². The van der Waals surface area contributed by atoms with Crippen LogP contribution in [0.5, 0.6) is 5.75 Å². The summed E-state index contributed by atoms with van der Waals surface area (Å²) in [4.78, 5) is 0. The lowest BCUT2D eigenvalue weighted by Gasteiger charge is -2.13. The number of rotatable bonds is 11. The highest BCUT2D eigenvalue weighted by Gasteiger charge is 2.05. The molecule has 0 aliphatic carbocycles. The third-order valence-corrected chi connectivity index (χ3v) is 2.68. The third kappa shape index (κ3) is 7.18. The summed E-state index contributed by atoms with van der Waals surface area (Å²) >= 11 is 0. The molecule has 1 heterocycles. The van der Waals surface area contributed by atoms with Gasteiger partial charge in [0.1, 0.15) is 6.10 Å². The maximum Gasteiger partial charge on any atom is 0.157 e. The summed E-state index contributed by atoms with van der Waals surface area (Å²) in [7, 11) is 0. The minimum atomic E-state index is 0.145. The van der Waals surface area contributed by atoms with Gasteiger partial charge in [-0.2, -0.15) is 5.10 Å². The number of nitrogens with one attached hydrogen (secondary N) is 1. The highest BCUT2D eigenvalue weighted by Crippen LogP contribution is 2.10. The van der Waals surface area contributed by atoms with Gasteiger partial charge < -0.3 is 14.8 Å². The van der Waals surface area contributed by atoms with Crippen LogP contribution in [-0.2, 0) is 11.3 Å². The SMILES string of the molecule is CCCn1cc(OC(C)CNCCCOCC)cn1. The fraction of sp³-hybridized carbons (Fsp3) is 0.786. The Morgan fingerprint density at radius 3 is 3.00 bits per heavy atom. The van der Waals surface area contributed by atoms with Crippen molar-refractivity contribution in [2.24, 2.45) is 0 Å². The quantitative estimate of drug-likeness (QED) is 0.625. The van der Waals surface area contributed by atoms with Gasteiger partial charge in [-0.25, -0.2) is 0 Å². The van der Waals surface area contributed by atoms with Crippen molar-refractivity contribution in [3.05, 3.63) is 12.4 Å². The van der Waals surface area contributed by atoms with Crippen molar-refractivity contribution < 1.29 is 9.47 Å². The maximum absolute atomic E-state index is 5.79. The van der Waals surface area contributed by atoms with Crippen molar-refractivity contribution in [3.8, 4) is 5.75 Å². The molecule has 0 aliphatic heterocycles. The number of aromatic nitrogens is 2. The van der Waals surface area contributed by atoms with Crippen LogP contribution < -0.4 is 10.1 Å². The van der Waals surface area contributed by atoms with Crippen LogP contribution in [0.2, 0.25) is 0 Å². The first-order valence-electron chi connectivity index (χ1n) is 7.23. The summed E-state index contributed by atoms with van der Waals surface area (Å²) in [5.41, 5.74) is 0. The first-order chi connectivity index (χ1) is 9.26. The molecule has 0 aliphatic rings. The van der Waals surface area contributed by atoms with Gasteiger partial charge in [-0.3, -0.25) is 4.68 Å². The molecule has 0 aromatic carbocycles. The van der Waals surface area contributed by atoms with Crippen LogP contribution >= 0.6 is 0 Å². The van der Waals surface area contributed by atoms with Crippen molar-refractivity contribution in [3.63, 3.8) is 0 Å². The molecule has 0 bridgehead atoms. The summed E-state index contributed by atoms with van der Waals surface area (Å²) in [6, 6.07) is 0. The van der Waals surface area contributed by atoms with E-state index in [1.165, 1.54) is 0 Å². The van der Waals surface area contributed by atoms with E-state index in [0.29, 0.717) is 0 Å². The summed E-state index contributed by atoms with van der Waals surface area (Å²) in [6.07, 6.45) is 6.00. The van der Waals surface area contributed by atoms with E-state index in [1.807, 2.05) is 17.8 Å². The fourth-order valence-corrected chi connectivity index (χ4v) is 1.78. The van der Waals surface area contributed by atoms with E-state index < -0.39 is 0 Å². The second kappa shape index (κ2) is 9.81. The fourth-order valence-electron chi connectivity index (χ4n) is 1.78. The number of nitrogens with zero attached hydrogens (tertiary/aromatic N) is 2. The second-order valence-corrected chi connectivity index (χ2v) is 4.62. The molecule has 1 rings (SSSR count). The molecule has 0 spiro atoms. The van der Waals surface area contributed by atoms with Gasteiger partial charge >= 0.3 is 0 Å². The average molecular weight is 269 g/mol. The van der Waals surface area contributed by atoms with Crippen molar-refractivity contribution in [1.29, 1.82) is 0 Å². The maximum atomic E-state index is 5.79. The Bertz CT molecular complexity index is 328. The molecule has 0 amide bonds. The predicted octanol–water partition coefficient (Wildman–Crippen LogP) is 2.08. The second-order valence-electron chi connectivity index (χ2n) is 4.62. The Morgan fingerprint density at radius 1 is 1.42 bits per heavy atom. The number of ether oxygens (including phenoxy) is 2. The molecular formula is C14H27N3O2. The zero-order chi connectivity index (χ0) is 13.9. The topological polar surface area (TPSA) is 48.3 Å². The molecule has 110 valence electrons. The van der Waals surface area contributed by atoms with E-state index in [-0.39, 0.29) is 6.10 Å². The standard InChI is InChI=1S/C14H27N3O2/c1-4-8-17-12-14(11-16-17)19-13(3)10-15-7-6-9-18-5-2/h11-13,15H,4-10H2,1-3H3. The summed E-state index contributed by atoms with van der Waals surface area (Å²) < 4.78 is 13.0. The molecule has 0 saturated carbocycles. The van der Waals surface area contributed by atoms with E-state index >= 15 is 0 Å². The number of hydrogen-bond acceptors (Lipinski definition) is 4. The normalized spacial score (nSPS) is 12.6. The molecule has 5 nitrogen and oxygen atoms in total. The lowest BCUT2D eigenvalue weighted by molar-refractivity contribution is 0.143. The average Bonchev–Trinajstić information content (AvgIpc) is 2.81. The van der Waals surface area contributed by atoms with E-state index in [2.05, 4.69) is 24.3 Å². The van der Waals surface area contributed by atoms with Crippen molar-refractivity contribution in [1.82, 2.24) is 15.1 Å². The largest absolute Gasteiger partial charge is 0.486 e.